The van der Waals surface area contributed by atoms with Gasteiger partial charge in [-0.25, -0.2) is 4.57 Å². The molecule has 1 rings (SSSR count). The maximum absolute atomic E-state index is 12.9. The molecule has 2 nitrogen and oxygen atoms in total. The molecule has 0 fully saturated rings. The van der Waals surface area contributed by atoms with E-state index in [1.54, 1.807) is 0 Å². The van der Waals surface area contributed by atoms with E-state index in [0.717, 1.165) is 7.05 Å². The lowest BCUT2D eigenvalue weighted by molar-refractivity contribution is -0.867. The van der Waals surface area contributed by atoms with Crippen molar-refractivity contribution >= 4 is 0 Å². The van der Waals surface area contributed by atoms with Crippen LogP contribution in [0, 0.1) is 6.08 Å². The molecule has 17 heavy (non-hydrogen) atoms. The van der Waals surface area contributed by atoms with Crippen LogP contribution in [0.5, 0.6) is 0 Å². The fraction of sp³-hybridized carbons (Fsp3) is 0.571. The van der Waals surface area contributed by atoms with Gasteiger partial charge in [0.25, 0.3) is 0 Å². The molecule has 98 valence electrons. The lowest BCUT2D eigenvalue weighted by Crippen LogP contribution is -2.66. The van der Waals surface area contributed by atoms with E-state index in [1.165, 1.54) is 0 Å². The number of hydrogen-bond donors (Lipinski definition) is 0. The van der Waals surface area contributed by atoms with Gasteiger partial charge in [-0.1, -0.05) is 0 Å². The zero-order valence-corrected chi connectivity index (χ0v) is 8.07. The van der Waals surface area contributed by atoms with Crippen molar-refractivity contribution < 1.29 is 39.7 Å². The first-order chi connectivity index (χ1) is 7.43. The molecule has 0 amide bonds. The van der Waals surface area contributed by atoms with Crippen LogP contribution in [0.3, 0.4) is 0 Å². The maximum Gasteiger partial charge on any atom is 0.474 e. The highest BCUT2D eigenvalue weighted by Gasteiger charge is 2.78. The lowest BCUT2D eigenvalue weighted by Gasteiger charge is -2.24. The quantitative estimate of drug-likeness (QED) is 0.575. The van der Waals surface area contributed by atoms with Gasteiger partial charge in [-0.3, -0.25) is 0 Å². The molecule has 0 spiro atoms. The Bertz CT molecular complexity index is 418. The number of nitrogens with zero attached hydrogens (tertiary/aromatic N) is 2. The zero-order valence-electron chi connectivity index (χ0n) is 8.07. The third kappa shape index (κ3) is 1.84. The molecule has 0 radical (unpaired) electrons. The molecule has 10 heteroatoms. The first-order valence-corrected chi connectivity index (χ1v) is 3.98. The van der Waals surface area contributed by atoms with E-state index in [2.05, 4.69) is 0 Å². The Morgan fingerprint density at radius 3 is 1.82 bits per heavy atom. The Morgan fingerprint density at radius 1 is 1.06 bits per heavy atom. The summed E-state index contributed by atoms with van der Waals surface area (Å²) in [4.78, 5) is 0. The standard InChI is InChI=1S/C7H5F8N2/c1-16-2-3-17(4(16)8)7(14,15)5(9,10)6(11,12)13/h2-3H,1H3/q+1. The van der Waals surface area contributed by atoms with Crippen LogP contribution in [0.25, 0.3) is 0 Å². The normalized spacial score (nSPS) is 14.2. The molecule has 0 N–H and O–H groups in total. The molecule has 0 aliphatic heterocycles. The van der Waals surface area contributed by atoms with Crippen LogP contribution >= 0.6 is 0 Å². The van der Waals surface area contributed by atoms with Gasteiger partial charge in [0, 0.05) is 0 Å². The van der Waals surface area contributed by atoms with Gasteiger partial charge in [0.1, 0.15) is 12.4 Å². The molecule has 0 aliphatic rings. The van der Waals surface area contributed by atoms with Gasteiger partial charge >= 0.3 is 24.2 Å². The fourth-order valence-corrected chi connectivity index (χ4v) is 0.991. The molecule has 0 saturated heterocycles. The summed E-state index contributed by atoms with van der Waals surface area (Å²) in [6.45, 7) is 0. The first-order valence-electron chi connectivity index (χ1n) is 3.98. The molecule has 0 aromatic carbocycles. The second-order valence-electron chi connectivity index (χ2n) is 3.16. The summed E-state index contributed by atoms with van der Waals surface area (Å²) in [6, 6.07) is -5.75. The van der Waals surface area contributed by atoms with E-state index >= 15 is 0 Å². The van der Waals surface area contributed by atoms with Crippen LogP contribution in [0.2, 0.25) is 0 Å². The van der Waals surface area contributed by atoms with E-state index in [1.807, 2.05) is 0 Å². The Morgan fingerprint density at radius 2 is 1.53 bits per heavy atom. The topological polar surface area (TPSA) is 8.81 Å². The van der Waals surface area contributed by atoms with Crippen molar-refractivity contribution in [2.75, 3.05) is 0 Å². The summed E-state index contributed by atoms with van der Waals surface area (Å²) < 4.78 is 98.4. The molecule has 0 aliphatic carbocycles. The number of rotatable bonds is 2. The summed E-state index contributed by atoms with van der Waals surface area (Å²) in [7, 11) is 0.869. The average Bonchev–Trinajstić information content (AvgIpc) is 2.45. The third-order valence-electron chi connectivity index (χ3n) is 1.97. The van der Waals surface area contributed by atoms with Crippen molar-refractivity contribution in [2.24, 2.45) is 7.05 Å². The Kier molecular flexibility index (Phi) is 2.88. The van der Waals surface area contributed by atoms with E-state index in [-0.39, 0.29) is 6.20 Å². The molecular formula is C7H5F8N2+. The van der Waals surface area contributed by atoms with Crippen LogP contribution in [0.4, 0.5) is 35.1 Å². The number of hydrogen-bond acceptors (Lipinski definition) is 0. The van der Waals surface area contributed by atoms with Gasteiger partial charge in [-0.15, -0.1) is 8.96 Å². The summed E-state index contributed by atoms with van der Waals surface area (Å²) in [6.07, 6.45) is -7.75. The monoisotopic (exact) mass is 269 g/mol. The van der Waals surface area contributed by atoms with Crippen LogP contribution in [-0.2, 0) is 13.1 Å². The van der Waals surface area contributed by atoms with Crippen molar-refractivity contribution in [1.29, 1.82) is 0 Å². The molecule has 1 aromatic heterocycles. The molecule has 0 unspecified atom stereocenters. The molecular weight excluding hydrogens is 264 g/mol. The largest absolute Gasteiger partial charge is 0.474 e. The number of aromatic nitrogens is 2. The Labute approximate surface area is 89.1 Å². The SMILES string of the molecule is Cn1cc[n+](C(F)(F)C(F)(F)C(F)(F)F)c1F. The highest BCUT2D eigenvalue weighted by molar-refractivity contribution is 4.82. The maximum atomic E-state index is 12.9. The van der Waals surface area contributed by atoms with Crippen molar-refractivity contribution in [3.8, 4) is 0 Å². The highest BCUT2D eigenvalue weighted by atomic mass is 19.4. The van der Waals surface area contributed by atoms with Crippen LogP contribution in [-0.4, -0.2) is 16.7 Å². The lowest BCUT2D eigenvalue weighted by atomic mass is 10.2. The van der Waals surface area contributed by atoms with Crippen molar-refractivity contribution in [1.82, 2.24) is 4.57 Å². The molecule has 0 bridgehead atoms. The summed E-state index contributed by atoms with van der Waals surface area (Å²) in [5.41, 5.74) is 0. The summed E-state index contributed by atoms with van der Waals surface area (Å²) >= 11 is 0. The third-order valence-corrected chi connectivity index (χ3v) is 1.97. The second-order valence-corrected chi connectivity index (χ2v) is 3.16. The van der Waals surface area contributed by atoms with E-state index in [4.69, 9.17) is 0 Å². The molecule has 0 atom stereocenters. The minimum absolute atomic E-state index is 0.0922. The minimum atomic E-state index is -6.49. The second kappa shape index (κ2) is 3.57. The average molecular weight is 269 g/mol. The predicted molar refractivity (Wildman–Crippen MR) is 36.8 cm³/mol. The van der Waals surface area contributed by atoms with Crippen LogP contribution in [0.1, 0.15) is 0 Å². The van der Waals surface area contributed by atoms with Gasteiger partial charge in [0.2, 0.25) is 0 Å². The van der Waals surface area contributed by atoms with Gasteiger partial charge in [-0.05, 0) is 0 Å². The molecule has 0 saturated carbocycles. The minimum Gasteiger partial charge on any atom is -0.207 e. The number of alkyl halides is 7. The van der Waals surface area contributed by atoms with Crippen LogP contribution in [0.15, 0.2) is 12.4 Å². The van der Waals surface area contributed by atoms with E-state index < -0.39 is 28.8 Å². The van der Waals surface area contributed by atoms with Gasteiger partial charge < -0.3 is 0 Å². The van der Waals surface area contributed by atoms with Crippen molar-refractivity contribution in [3.63, 3.8) is 0 Å². The van der Waals surface area contributed by atoms with Crippen LogP contribution < -0.4 is 4.57 Å². The van der Waals surface area contributed by atoms with Crippen molar-refractivity contribution in [2.45, 2.75) is 18.1 Å². The Hall–Kier alpha value is -1.35. The zero-order chi connectivity index (χ0) is 13.6. The summed E-state index contributed by atoms with van der Waals surface area (Å²) in [5.74, 6) is -6.38. The van der Waals surface area contributed by atoms with Gasteiger partial charge in [0.05, 0.1) is 7.05 Å². The predicted octanol–water partition coefficient (Wildman–Crippen LogP) is 2.20. The highest BCUT2D eigenvalue weighted by Crippen LogP contribution is 2.46. The van der Waals surface area contributed by atoms with E-state index in [0.29, 0.717) is 10.8 Å². The molecule has 1 heterocycles. The van der Waals surface area contributed by atoms with Gasteiger partial charge in [0.15, 0.2) is 0 Å². The summed E-state index contributed by atoms with van der Waals surface area (Å²) in [5, 5.41) is 0. The number of halogens is 8. The number of aryl methyl sites for hydroxylation is 1. The van der Waals surface area contributed by atoms with Crippen molar-refractivity contribution in [3.05, 3.63) is 18.5 Å². The fourth-order valence-electron chi connectivity index (χ4n) is 0.991. The van der Waals surface area contributed by atoms with E-state index in [9.17, 15) is 35.1 Å². The van der Waals surface area contributed by atoms with Gasteiger partial charge in [-0.2, -0.15) is 30.7 Å². The Balaban J connectivity index is 3.33. The first kappa shape index (κ1) is 13.7. The number of imidazole rings is 1. The molecule has 1 aromatic rings. The smallest absolute Gasteiger partial charge is 0.207 e.